The van der Waals surface area contributed by atoms with Gasteiger partial charge >= 0.3 is 11.9 Å². The van der Waals surface area contributed by atoms with Crippen molar-refractivity contribution >= 4 is 22.7 Å². The standard InChI is InChI=1S/C12H10O2.C8H15NO2/c13-12(14)8-10-6-3-5-9-4-1-2-7-11(9)10;1-7(2)8(10)11-6-5-9(3)4/h1-7H,8H2,(H,13,14);1,5-6H2,2-4H3. The average Bonchev–Trinajstić information content (AvgIpc) is 2.55. The predicted octanol–water partition coefficient (Wildman–Crippen LogP) is 3.13. The second-order valence-corrected chi connectivity index (χ2v) is 5.93. The molecule has 0 spiro atoms. The fourth-order valence-electron chi connectivity index (χ4n) is 2.05. The number of fused-ring (bicyclic) bond motifs is 1. The maximum Gasteiger partial charge on any atom is 0.333 e. The Hall–Kier alpha value is -2.66. The first kappa shape index (κ1) is 20.4. The Morgan fingerprint density at radius 2 is 1.76 bits per heavy atom. The normalized spacial score (nSPS) is 10.1. The molecule has 0 radical (unpaired) electrons. The van der Waals surface area contributed by atoms with Gasteiger partial charge in [0, 0.05) is 12.1 Å². The summed E-state index contributed by atoms with van der Waals surface area (Å²) in [6.45, 7) is 6.28. The molecular formula is C20H25NO4. The van der Waals surface area contributed by atoms with E-state index in [1.165, 1.54) is 0 Å². The summed E-state index contributed by atoms with van der Waals surface area (Å²) in [7, 11) is 3.85. The highest BCUT2D eigenvalue weighted by Gasteiger charge is 2.04. The number of ether oxygens (including phenoxy) is 1. The molecular weight excluding hydrogens is 318 g/mol. The molecule has 0 saturated carbocycles. The lowest BCUT2D eigenvalue weighted by Gasteiger charge is -2.09. The zero-order chi connectivity index (χ0) is 18.8. The van der Waals surface area contributed by atoms with Crippen LogP contribution in [0.5, 0.6) is 0 Å². The molecule has 2 aromatic rings. The third kappa shape index (κ3) is 7.63. The quantitative estimate of drug-likeness (QED) is 0.645. The highest BCUT2D eigenvalue weighted by molar-refractivity contribution is 5.88. The van der Waals surface area contributed by atoms with Gasteiger partial charge in [-0.2, -0.15) is 0 Å². The van der Waals surface area contributed by atoms with Crippen LogP contribution in [-0.4, -0.2) is 49.2 Å². The summed E-state index contributed by atoms with van der Waals surface area (Å²) < 4.78 is 4.83. The summed E-state index contributed by atoms with van der Waals surface area (Å²) in [6, 6.07) is 13.5. The molecule has 134 valence electrons. The van der Waals surface area contributed by atoms with Gasteiger partial charge < -0.3 is 14.7 Å². The SMILES string of the molecule is C=C(C)C(=O)OCCN(C)C.O=C(O)Cc1cccc2ccccc12. The molecule has 0 unspecified atom stereocenters. The molecule has 0 atom stereocenters. The van der Waals surface area contributed by atoms with E-state index in [1.54, 1.807) is 6.92 Å². The number of carbonyl (C=O) groups is 2. The summed E-state index contributed by atoms with van der Waals surface area (Å²) in [5.74, 6) is -1.10. The number of hydrogen-bond donors (Lipinski definition) is 1. The summed E-state index contributed by atoms with van der Waals surface area (Å²) in [4.78, 5) is 23.3. The van der Waals surface area contributed by atoms with Crippen LogP contribution in [0.15, 0.2) is 54.6 Å². The Bertz CT molecular complexity index is 732. The van der Waals surface area contributed by atoms with Gasteiger partial charge in [0.25, 0.3) is 0 Å². The van der Waals surface area contributed by atoms with Crippen molar-refractivity contribution in [3.63, 3.8) is 0 Å². The summed E-state index contributed by atoms with van der Waals surface area (Å²) in [5.41, 5.74) is 1.32. The van der Waals surface area contributed by atoms with Crippen molar-refractivity contribution in [1.29, 1.82) is 0 Å². The van der Waals surface area contributed by atoms with Gasteiger partial charge in [0.2, 0.25) is 0 Å². The minimum absolute atomic E-state index is 0.0847. The van der Waals surface area contributed by atoms with Crippen LogP contribution in [0, 0.1) is 0 Å². The summed E-state index contributed by atoms with van der Waals surface area (Å²) in [5, 5.41) is 10.8. The lowest BCUT2D eigenvalue weighted by molar-refractivity contribution is -0.139. The maximum atomic E-state index is 10.8. The average molecular weight is 343 g/mol. The summed E-state index contributed by atoms with van der Waals surface area (Å²) in [6.07, 6.45) is 0.0847. The first-order valence-corrected chi connectivity index (χ1v) is 7.97. The monoisotopic (exact) mass is 343 g/mol. The van der Waals surface area contributed by atoms with Crippen LogP contribution in [0.1, 0.15) is 12.5 Å². The molecule has 0 aliphatic rings. The lowest BCUT2D eigenvalue weighted by Crippen LogP contribution is -2.20. The second-order valence-electron chi connectivity index (χ2n) is 5.93. The molecule has 5 heteroatoms. The molecule has 2 aromatic carbocycles. The molecule has 2 rings (SSSR count). The van der Waals surface area contributed by atoms with Crippen LogP contribution in [0.3, 0.4) is 0 Å². The molecule has 0 saturated heterocycles. The van der Waals surface area contributed by atoms with Crippen molar-refractivity contribution in [1.82, 2.24) is 4.90 Å². The fraction of sp³-hybridized carbons (Fsp3) is 0.300. The van der Waals surface area contributed by atoms with E-state index in [4.69, 9.17) is 9.84 Å². The number of rotatable bonds is 6. The van der Waals surface area contributed by atoms with Crippen LogP contribution in [0.2, 0.25) is 0 Å². The number of aliphatic carboxylic acids is 1. The zero-order valence-electron chi connectivity index (χ0n) is 15.0. The second kappa shape index (κ2) is 10.3. The highest BCUT2D eigenvalue weighted by atomic mass is 16.5. The first-order valence-electron chi connectivity index (χ1n) is 7.97. The Balaban J connectivity index is 0.000000260. The van der Waals surface area contributed by atoms with Gasteiger partial charge in [-0.05, 0) is 37.4 Å². The molecule has 0 aromatic heterocycles. The third-order valence-electron chi connectivity index (χ3n) is 3.34. The molecule has 0 aliphatic heterocycles. The Kier molecular flexibility index (Phi) is 8.36. The smallest absolute Gasteiger partial charge is 0.333 e. The van der Waals surface area contributed by atoms with Gasteiger partial charge in [0.1, 0.15) is 6.61 Å². The van der Waals surface area contributed by atoms with Crippen molar-refractivity contribution in [2.24, 2.45) is 0 Å². The van der Waals surface area contributed by atoms with E-state index in [0.29, 0.717) is 12.2 Å². The van der Waals surface area contributed by atoms with E-state index >= 15 is 0 Å². The highest BCUT2D eigenvalue weighted by Crippen LogP contribution is 2.18. The minimum Gasteiger partial charge on any atom is -0.481 e. The number of hydrogen-bond acceptors (Lipinski definition) is 4. The lowest BCUT2D eigenvalue weighted by atomic mass is 10.0. The van der Waals surface area contributed by atoms with Gasteiger partial charge in [0.15, 0.2) is 0 Å². The van der Waals surface area contributed by atoms with Crippen LogP contribution < -0.4 is 0 Å². The molecule has 25 heavy (non-hydrogen) atoms. The van der Waals surface area contributed by atoms with E-state index in [9.17, 15) is 9.59 Å². The van der Waals surface area contributed by atoms with E-state index in [1.807, 2.05) is 61.5 Å². The van der Waals surface area contributed by atoms with Gasteiger partial charge in [-0.1, -0.05) is 49.0 Å². The van der Waals surface area contributed by atoms with Crippen molar-refractivity contribution in [2.45, 2.75) is 13.3 Å². The van der Waals surface area contributed by atoms with Crippen molar-refractivity contribution in [2.75, 3.05) is 27.2 Å². The molecule has 0 fully saturated rings. The number of likely N-dealkylation sites (N-methyl/N-ethyl adjacent to an activating group) is 1. The van der Waals surface area contributed by atoms with Crippen LogP contribution in [-0.2, 0) is 20.7 Å². The largest absolute Gasteiger partial charge is 0.481 e. The van der Waals surface area contributed by atoms with Gasteiger partial charge in [0.05, 0.1) is 6.42 Å². The number of nitrogens with zero attached hydrogens (tertiary/aromatic N) is 1. The number of esters is 1. The molecule has 0 heterocycles. The number of carboxylic acids is 1. The Morgan fingerprint density at radius 3 is 2.36 bits per heavy atom. The van der Waals surface area contributed by atoms with Crippen molar-refractivity contribution < 1.29 is 19.4 Å². The molecule has 0 bridgehead atoms. The van der Waals surface area contributed by atoms with E-state index in [-0.39, 0.29) is 12.4 Å². The van der Waals surface area contributed by atoms with Crippen LogP contribution in [0.25, 0.3) is 10.8 Å². The zero-order valence-corrected chi connectivity index (χ0v) is 15.0. The third-order valence-corrected chi connectivity index (χ3v) is 3.34. The topological polar surface area (TPSA) is 66.8 Å². The van der Waals surface area contributed by atoms with Gasteiger partial charge in [-0.3, -0.25) is 4.79 Å². The van der Waals surface area contributed by atoms with E-state index < -0.39 is 5.97 Å². The number of benzene rings is 2. The number of carboxylic acid groups (broad SMARTS) is 1. The van der Waals surface area contributed by atoms with E-state index in [0.717, 1.165) is 22.9 Å². The molecule has 0 amide bonds. The van der Waals surface area contributed by atoms with E-state index in [2.05, 4.69) is 6.58 Å². The maximum absolute atomic E-state index is 10.8. The van der Waals surface area contributed by atoms with Gasteiger partial charge in [-0.15, -0.1) is 0 Å². The van der Waals surface area contributed by atoms with Gasteiger partial charge in [-0.25, -0.2) is 4.79 Å². The minimum atomic E-state index is -0.790. The first-order chi connectivity index (χ1) is 11.8. The van der Waals surface area contributed by atoms with Crippen LogP contribution in [0.4, 0.5) is 0 Å². The Morgan fingerprint density at radius 1 is 1.12 bits per heavy atom. The van der Waals surface area contributed by atoms with Crippen molar-refractivity contribution in [3.8, 4) is 0 Å². The van der Waals surface area contributed by atoms with Crippen molar-refractivity contribution in [3.05, 3.63) is 60.2 Å². The molecule has 1 N–H and O–H groups in total. The number of carbonyl (C=O) groups excluding carboxylic acids is 1. The molecule has 0 aliphatic carbocycles. The fourth-order valence-corrected chi connectivity index (χ4v) is 2.05. The molecule has 5 nitrogen and oxygen atoms in total. The summed E-state index contributed by atoms with van der Waals surface area (Å²) >= 11 is 0. The van der Waals surface area contributed by atoms with Crippen LogP contribution >= 0.6 is 0 Å². The Labute approximate surface area is 148 Å². The predicted molar refractivity (Wildman–Crippen MR) is 99.6 cm³/mol.